The van der Waals surface area contributed by atoms with Gasteiger partial charge in [-0.05, 0) is 60.5 Å². The zero-order valence-electron chi connectivity index (χ0n) is 16.1. The van der Waals surface area contributed by atoms with Crippen molar-refractivity contribution in [3.05, 3.63) is 88.7 Å². The van der Waals surface area contributed by atoms with Crippen molar-refractivity contribution in [1.29, 1.82) is 0 Å². The minimum absolute atomic E-state index is 0.375. The first-order chi connectivity index (χ1) is 14.0. The van der Waals surface area contributed by atoms with E-state index in [0.717, 1.165) is 33.8 Å². The summed E-state index contributed by atoms with van der Waals surface area (Å²) in [4.78, 5) is 16.4. The van der Waals surface area contributed by atoms with Crippen molar-refractivity contribution in [2.45, 2.75) is 13.5 Å². The van der Waals surface area contributed by atoms with Crippen LogP contribution in [0.3, 0.4) is 0 Å². The molecule has 5 nitrogen and oxygen atoms in total. The number of ether oxygens (including phenoxy) is 2. The number of benzene rings is 2. The second kappa shape index (κ2) is 7.97. The molecule has 4 rings (SSSR count). The fraction of sp³-hybridized carbons (Fsp3) is 0.130. The van der Waals surface area contributed by atoms with Crippen LogP contribution in [0.5, 0.6) is 5.75 Å². The summed E-state index contributed by atoms with van der Waals surface area (Å²) >= 11 is 5.92. The number of hydrogen-bond acceptors (Lipinski definition) is 4. The Hall–Kier alpha value is -3.31. The molecule has 0 atom stereocenters. The Kier molecular flexibility index (Phi) is 5.23. The highest BCUT2D eigenvalue weighted by Gasteiger charge is 2.10. The molecule has 0 radical (unpaired) electrons. The number of carbonyl (C=O) groups is 1. The van der Waals surface area contributed by atoms with E-state index in [2.05, 4.69) is 4.98 Å². The fourth-order valence-electron chi connectivity index (χ4n) is 3.08. The largest absolute Gasteiger partial charge is 0.489 e. The van der Waals surface area contributed by atoms with E-state index in [1.54, 1.807) is 18.3 Å². The lowest BCUT2D eigenvalue weighted by molar-refractivity contribution is 0.0600. The number of esters is 1. The number of rotatable bonds is 5. The van der Waals surface area contributed by atoms with Gasteiger partial charge in [-0.3, -0.25) is 0 Å². The molecular weight excluding hydrogens is 388 g/mol. The molecule has 0 amide bonds. The number of aromatic nitrogens is 2. The number of fused-ring (bicyclic) bond motifs is 1. The number of methoxy groups -OCH3 is 1. The van der Waals surface area contributed by atoms with Crippen molar-refractivity contribution in [2.75, 3.05) is 7.11 Å². The third kappa shape index (κ3) is 4.10. The van der Waals surface area contributed by atoms with Gasteiger partial charge in [0.15, 0.2) is 0 Å². The Labute approximate surface area is 173 Å². The van der Waals surface area contributed by atoms with Gasteiger partial charge in [0.1, 0.15) is 18.0 Å². The molecule has 0 N–H and O–H groups in total. The number of imidazole rings is 1. The van der Waals surface area contributed by atoms with Crippen LogP contribution in [0.4, 0.5) is 0 Å². The van der Waals surface area contributed by atoms with Crippen LogP contribution in [-0.2, 0) is 11.3 Å². The number of aryl methyl sites for hydroxylation is 1. The van der Waals surface area contributed by atoms with Gasteiger partial charge in [-0.15, -0.1) is 0 Å². The normalized spacial score (nSPS) is 10.9. The molecule has 2 aromatic carbocycles. The molecule has 4 aromatic rings. The van der Waals surface area contributed by atoms with Gasteiger partial charge in [-0.25, -0.2) is 9.78 Å². The molecule has 0 saturated heterocycles. The smallest absolute Gasteiger partial charge is 0.339 e. The van der Waals surface area contributed by atoms with E-state index < -0.39 is 0 Å². The van der Waals surface area contributed by atoms with Crippen LogP contribution in [0, 0.1) is 6.92 Å². The van der Waals surface area contributed by atoms with Gasteiger partial charge in [-0.1, -0.05) is 23.7 Å². The molecule has 0 aliphatic carbocycles. The van der Waals surface area contributed by atoms with Gasteiger partial charge in [0.2, 0.25) is 0 Å². The summed E-state index contributed by atoms with van der Waals surface area (Å²) in [6.45, 7) is 2.48. The molecule has 0 aliphatic rings. The highest BCUT2D eigenvalue weighted by molar-refractivity contribution is 6.30. The monoisotopic (exact) mass is 406 g/mol. The van der Waals surface area contributed by atoms with Crippen LogP contribution in [0.1, 0.15) is 21.5 Å². The lowest BCUT2D eigenvalue weighted by Gasteiger charge is -2.10. The Bertz CT molecular complexity index is 1180. The van der Waals surface area contributed by atoms with Gasteiger partial charge < -0.3 is 13.9 Å². The highest BCUT2D eigenvalue weighted by Crippen LogP contribution is 2.27. The first-order valence-corrected chi connectivity index (χ1v) is 9.46. The summed E-state index contributed by atoms with van der Waals surface area (Å²) in [5.41, 5.74) is 5.10. The van der Waals surface area contributed by atoms with Gasteiger partial charge in [-0.2, -0.15) is 0 Å². The molecule has 29 heavy (non-hydrogen) atoms. The minimum atomic E-state index is -0.375. The van der Waals surface area contributed by atoms with Crippen LogP contribution >= 0.6 is 11.6 Å². The molecule has 6 heteroatoms. The molecule has 2 aromatic heterocycles. The maximum Gasteiger partial charge on any atom is 0.339 e. The van der Waals surface area contributed by atoms with E-state index in [4.69, 9.17) is 21.1 Å². The molecule has 0 bridgehead atoms. The Morgan fingerprint density at radius 2 is 1.86 bits per heavy atom. The van der Waals surface area contributed by atoms with Gasteiger partial charge >= 0.3 is 5.97 Å². The third-order valence-corrected chi connectivity index (χ3v) is 4.90. The van der Waals surface area contributed by atoms with Crippen molar-refractivity contribution in [1.82, 2.24) is 9.38 Å². The van der Waals surface area contributed by atoms with E-state index >= 15 is 0 Å². The summed E-state index contributed by atoms with van der Waals surface area (Å²) in [7, 11) is 1.37. The van der Waals surface area contributed by atoms with Crippen LogP contribution in [0.2, 0.25) is 5.02 Å². The van der Waals surface area contributed by atoms with Crippen LogP contribution < -0.4 is 4.74 Å². The quantitative estimate of drug-likeness (QED) is 0.420. The lowest BCUT2D eigenvalue weighted by Crippen LogP contribution is -2.02. The Morgan fingerprint density at radius 1 is 1.07 bits per heavy atom. The maximum atomic E-state index is 11.7. The maximum absolute atomic E-state index is 11.7. The fourth-order valence-corrected chi connectivity index (χ4v) is 3.21. The second-order valence-electron chi connectivity index (χ2n) is 6.70. The molecular formula is C23H19ClN2O3. The predicted molar refractivity (Wildman–Crippen MR) is 112 cm³/mol. The summed E-state index contributed by atoms with van der Waals surface area (Å²) in [6.07, 6.45) is 3.61. The first kappa shape index (κ1) is 19.0. The van der Waals surface area contributed by atoms with Crippen molar-refractivity contribution in [3.8, 4) is 17.0 Å². The van der Waals surface area contributed by atoms with E-state index in [0.29, 0.717) is 17.2 Å². The standard InChI is InChI=1S/C23H19ClN2O3/c1-15-11-17(5-9-21(15)29-14-16-3-7-19(24)8-4-16)20-13-26-12-18(23(27)28-2)6-10-22(26)25-20/h3-13H,14H2,1-2H3. The summed E-state index contributed by atoms with van der Waals surface area (Å²) in [5.74, 6) is 0.445. The molecule has 0 aliphatic heterocycles. The Morgan fingerprint density at radius 3 is 2.59 bits per heavy atom. The summed E-state index contributed by atoms with van der Waals surface area (Å²) in [5, 5.41) is 0.709. The van der Waals surface area contributed by atoms with Crippen LogP contribution in [0.15, 0.2) is 67.0 Å². The zero-order valence-corrected chi connectivity index (χ0v) is 16.8. The number of hydrogen-bond donors (Lipinski definition) is 0. The first-order valence-electron chi connectivity index (χ1n) is 9.09. The molecule has 2 heterocycles. The average molecular weight is 407 g/mol. The molecule has 0 unspecified atom stereocenters. The lowest BCUT2D eigenvalue weighted by atomic mass is 10.1. The van der Waals surface area contributed by atoms with Gasteiger partial charge in [0, 0.05) is 23.0 Å². The van der Waals surface area contributed by atoms with Crippen molar-refractivity contribution in [3.63, 3.8) is 0 Å². The molecule has 0 saturated carbocycles. The van der Waals surface area contributed by atoms with Crippen LogP contribution in [0.25, 0.3) is 16.9 Å². The highest BCUT2D eigenvalue weighted by atomic mass is 35.5. The molecule has 0 fully saturated rings. The predicted octanol–water partition coefficient (Wildman–Crippen LogP) is 5.33. The summed E-state index contributed by atoms with van der Waals surface area (Å²) in [6, 6.07) is 17.1. The zero-order chi connectivity index (χ0) is 20.4. The second-order valence-corrected chi connectivity index (χ2v) is 7.13. The van der Waals surface area contributed by atoms with E-state index in [1.807, 2.05) is 60.0 Å². The van der Waals surface area contributed by atoms with Crippen molar-refractivity contribution >= 4 is 23.2 Å². The van der Waals surface area contributed by atoms with Crippen molar-refractivity contribution < 1.29 is 14.3 Å². The minimum Gasteiger partial charge on any atom is -0.489 e. The third-order valence-electron chi connectivity index (χ3n) is 4.65. The average Bonchev–Trinajstić information content (AvgIpc) is 3.17. The molecule has 0 spiro atoms. The van der Waals surface area contributed by atoms with Gasteiger partial charge in [0.05, 0.1) is 18.4 Å². The number of pyridine rings is 1. The number of nitrogens with zero attached hydrogens (tertiary/aromatic N) is 2. The van der Waals surface area contributed by atoms with E-state index in [9.17, 15) is 4.79 Å². The van der Waals surface area contributed by atoms with Crippen molar-refractivity contribution in [2.24, 2.45) is 0 Å². The van der Waals surface area contributed by atoms with E-state index in [1.165, 1.54) is 7.11 Å². The van der Waals surface area contributed by atoms with Crippen LogP contribution in [-0.4, -0.2) is 22.5 Å². The van der Waals surface area contributed by atoms with Gasteiger partial charge in [0.25, 0.3) is 0 Å². The Balaban J connectivity index is 1.55. The summed E-state index contributed by atoms with van der Waals surface area (Å²) < 4.78 is 12.5. The SMILES string of the molecule is COC(=O)c1ccc2nc(-c3ccc(OCc4ccc(Cl)cc4)c(C)c3)cn2c1. The molecule has 146 valence electrons. The topological polar surface area (TPSA) is 52.8 Å². The van der Waals surface area contributed by atoms with E-state index in [-0.39, 0.29) is 5.97 Å². The number of carbonyl (C=O) groups excluding carboxylic acids is 1. The number of halogens is 1.